The summed E-state index contributed by atoms with van der Waals surface area (Å²) in [4.78, 5) is 22.1. The molecule has 0 atom stereocenters. The topological polar surface area (TPSA) is 72.2 Å². The first kappa shape index (κ1) is 17.6. The van der Waals surface area contributed by atoms with E-state index in [0.717, 1.165) is 5.56 Å². The lowest BCUT2D eigenvalue weighted by Gasteiger charge is -2.06. The number of rotatable bonds is 6. The third-order valence-electron chi connectivity index (χ3n) is 2.83. The molecule has 0 aromatic heterocycles. The van der Waals surface area contributed by atoms with Gasteiger partial charge < -0.3 is 5.32 Å². The summed E-state index contributed by atoms with van der Waals surface area (Å²) < 4.78 is 0. The van der Waals surface area contributed by atoms with E-state index in [2.05, 4.69) is 5.32 Å². The lowest BCUT2D eigenvalue weighted by Crippen LogP contribution is -2.14. The summed E-state index contributed by atoms with van der Waals surface area (Å²) in [5.41, 5.74) is 1.41. The number of hydrogen-bond donors (Lipinski definition) is 1. The largest absolute Gasteiger partial charge is 0.325 e. The molecule has 2 aromatic rings. The molecule has 0 spiro atoms. The molecule has 0 unspecified atom stereocenters. The SMILES string of the molecule is O=C(CSCc1cccc([N+](=O)[O-])c1)Nc1ccc(Cl)c(Cl)c1. The van der Waals surface area contributed by atoms with E-state index < -0.39 is 4.92 Å². The van der Waals surface area contributed by atoms with Crippen LogP contribution in [0.1, 0.15) is 5.56 Å². The normalized spacial score (nSPS) is 10.3. The van der Waals surface area contributed by atoms with E-state index in [1.807, 2.05) is 0 Å². The minimum Gasteiger partial charge on any atom is -0.325 e. The van der Waals surface area contributed by atoms with E-state index in [4.69, 9.17) is 23.2 Å². The summed E-state index contributed by atoms with van der Waals surface area (Å²) in [6.07, 6.45) is 0. The first-order valence-corrected chi connectivity index (χ1v) is 8.43. The highest BCUT2D eigenvalue weighted by molar-refractivity contribution is 7.99. The van der Waals surface area contributed by atoms with E-state index >= 15 is 0 Å². The van der Waals surface area contributed by atoms with Crippen LogP contribution in [0.25, 0.3) is 0 Å². The first-order chi connectivity index (χ1) is 11.0. The Labute approximate surface area is 147 Å². The number of halogens is 2. The maximum absolute atomic E-state index is 11.9. The van der Waals surface area contributed by atoms with E-state index in [1.165, 1.54) is 23.9 Å². The highest BCUT2D eigenvalue weighted by Gasteiger charge is 2.08. The van der Waals surface area contributed by atoms with Crippen LogP contribution in [0.5, 0.6) is 0 Å². The number of anilines is 1. The number of non-ortho nitro benzene ring substituents is 1. The number of nitrogens with zero attached hydrogens (tertiary/aromatic N) is 1. The number of nitro groups is 1. The molecule has 0 saturated heterocycles. The number of hydrogen-bond acceptors (Lipinski definition) is 4. The predicted octanol–water partition coefficient (Wildman–Crippen LogP) is 4.77. The molecule has 0 aliphatic carbocycles. The van der Waals surface area contributed by atoms with Crippen LogP contribution in [0.3, 0.4) is 0 Å². The molecule has 1 amide bonds. The molecule has 2 rings (SSSR count). The van der Waals surface area contributed by atoms with Crippen molar-refractivity contribution in [3.63, 3.8) is 0 Å². The van der Waals surface area contributed by atoms with Crippen LogP contribution < -0.4 is 5.32 Å². The molecular formula is C15H12Cl2N2O3S. The smallest absolute Gasteiger partial charge is 0.269 e. The summed E-state index contributed by atoms with van der Waals surface area (Å²) in [7, 11) is 0. The second-order valence-electron chi connectivity index (χ2n) is 4.60. The average molecular weight is 371 g/mol. The Hall–Kier alpha value is -1.76. The van der Waals surface area contributed by atoms with Crippen LogP contribution in [0.2, 0.25) is 10.0 Å². The molecule has 0 aliphatic rings. The number of carbonyl (C=O) groups excluding carboxylic acids is 1. The van der Waals surface area contributed by atoms with Crippen LogP contribution in [-0.4, -0.2) is 16.6 Å². The van der Waals surface area contributed by atoms with Gasteiger partial charge in [0.25, 0.3) is 5.69 Å². The fraction of sp³-hybridized carbons (Fsp3) is 0.133. The van der Waals surface area contributed by atoms with E-state index in [-0.39, 0.29) is 17.3 Å². The molecule has 0 saturated carbocycles. The zero-order chi connectivity index (χ0) is 16.8. The Morgan fingerprint density at radius 2 is 1.96 bits per heavy atom. The van der Waals surface area contributed by atoms with Gasteiger partial charge in [0.05, 0.1) is 20.7 Å². The second kappa shape index (κ2) is 8.19. The number of carbonyl (C=O) groups is 1. The molecule has 2 aromatic carbocycles. The van der Waals surface area contributed by atoms with Gasteiger partial charge in [-0.05, 0) is 23.8 Å². The maximum atomic E-state index is 11.9. The summed E-state index contributed by atoms with van der Waals surface area (Å²) >= 11 is 13.1. The minimum absolute atomic E-state index is 0.0448. The van der Waals surface area contributed by atoms with Crippen molar-refractivity contribution in [1.29, 1.82) is 0 Å². The molecule has 0 fully saturated rings. The molecule has 1 N–H and O–H groups in total. The van der Waals surface area contributed by atoms with Crippen molar-refractivity contribution in [3.05, 3.63) is 68.2 Å². The van der Waals surface area contributed by atoms with Crippen molar-refractivity contribution in [2.75, 3.05) is 11.1 Å². The third-order valence-corrected chi connectivity index (χ3v) is 4.57. The van der Waals surface area contributed by atoms with Crippen LogP contribution >= 0.6 is 35.0 Å². The number of amides is 1. The van der Waals surface area contributed by atoms with Gasteiger partial charge in [-0.15, -0.1) is 11.8 Å². The maximum Gasteiger partial charge on any atom is 0.269 e. The molecule has 0 bridgehead atoms. The zero-order valence-electron chi connectivity index (χ0n) is 11.8. The fourth-order valence-corrected chi connectivity index (χ4v) is 2.87. The van der Waals surface area contributed by atoms with Crippen LogP contribution in [0, 0.1) is 10.1 Å². The predicted molar refractivity (Wildman–Crippen MR) is 94.4 cm³/mol. The number of nitro benzene ring substituents is 1. The van der Waals surface area contributed by atoms with Crippen molar-refractivity contribution in [2.24, 2.45) is 0 Å². The Balaban J connectivity index is 1.84. The van der Waals surface area contributed by atoms with Crippen LogP contribution in [0.4, 0.5) is 11.4 Å². The van der Waals surface area contributed by atoms with Gasteiger partial charge in [0.1, 0.15) is 0 Å². The molecule has 0 aliphatic heterocycles. The number of benzene rings is 2. The molecule has 23 heavy (non-hydrogen) atoms. The van der Waals surface area contributed by atoms with Crippen molar-refractivity contribution < 1.29 is 9.72 Å². The van der Waals surface area contributed by atoms with Crippen LogP contribution in [0.15, 0.2) is 42.5 Å². The molecule has 0 radical (unpaired) electrons. The average Bonchev–Trinajstić information content (AvgIpc) is 2.51. The van der Waals surface area contributed by atoms with Crippen molar-refractivity contribution in [1.82, 2.24) is 0 Å². The van der Waals surface area contributed by atoms with Crippen molar-refractivity contribution in [3.8, 4) is 0 Å². The molecule has 5 nitrogen and oxygen atoms in total. The molecular weight excluding hydrogens is 359 g/mol. The lowest BCUT2D eigenvalue weighted by molar-refractivity contribution is -0.384. The van der Waals surface area contributed by atoms with Gasteiger partial charge in [-0.3, -0.25) is 14.9 Å². The quantitative estimate of drug-likeness (QED) is 0.586. The van der Waals surface area contributed by atoms with E-state index in [9.17, 15) is 14.9 Å². The van der Waals surface area contributed by atoms with Gasteiger partial charge in [0.2, 0.25) is 5.91 Å². The first-order valence-electron chi connectivity index (χ1n) is 6.51. The third kappa shape index (κ3) is 5.42. The molecule has 8 heteroatoms. The van der Waals surface area contributed by atoms with Crippen molar-refractivity contribution in [2.45, 2.75) is 5.75 Å². The van der Waals surface area contributed by atoms with Gasteiger partial charge in [-0.1, -0.05) is 35.3 Å². The zero-order valence-corrected chi connectivity index (χ0v) is 14.1. The molecule has 120 valence electrons. The monoisotopic (exact) mass is 370 g/mol. The van der Waals surface area contributed by atoms with Gasteiger partial charge >= 0.3 is 0 Å². The van der Waals surface area contributed by atoms with Crippen LogP contribution in [-0.2, 0) is 10.5 Å². The van der Waals surface area contributed by atoms with E-state index in [0.29, 0.717) is 21.5 Å². The molecule has 0 heterocycles. The standard InChI is InChI=1S/C15H12Cl2N2O3S/c16-13-5-4-11(7-14(13)17)18-15(20)9-23-8-10-2-1-3-12(6-10)19(21)22/h1-7H,8-9H2,(H,18,20). The number of thioether (sulfide) groups is 1. The van der Waals surface area contributed by atoms with Crippen molar-refractivity contribution >= 4 is 52.2 Å². The highest BCUT2D eigenvalue weighted by atomic mass is 35.5. The Morgan fingerprint density at radius 3 is 2.65 bits per heavy atom. The summed E-state index contributed by atoms with van der Waals surface area (Å²) in [5.74, 6) is 0.554. The Kier molecular flexibility index (Phi) is 6.27. The Bertz CT molecular complexity index is 740. The van der Waals surface area contributed by atoms with E-state index in [1.54, 1.807) is 30.3 Å². The summed E-state index contributed by atoms with van der Waals surface area (Å²) in [6, 6.07) is 11.2. The minimum atomic E-state index is -0.439. The summed E-state index contributed by atoms with van der Waals surface area (Å²) in [5, 5.41) is 14.2. The lowest BCUT2D eigenvalue weighted by atomic mass is 10.2. The fourth-order valence-electron chi connectivity index (χ4n) is 1.79. The number of nitrogens with one attached hydrogen (secondary N) is 1. The second-order valence-corrected chi connectivity index (χ2v) is 6.40. The Morgan fingerprint density at radius 1 is 1.17 bits per heavy atom. The highest BCUT2D eigenvalue weighted by Crippen LogP contribution is 2.25. The van der Waals surface area contributed by atoms with Gasteiger partial charge in [-0.25, -0.2) is 0 Å². The van der Waals surface area contributed by atoms with Gasteiger partial charge in [0, 0.05) is 23.6 Å². The summed E-state index contributed by atoms with van der Waals surface area (Å²) in [6.45, 7) is 0. The van der Waals surface area contributed by atoms with Gasteiger partial charge in [-0.2, -0.15) is 0 Å². The van der Waals surface area contributed by atoms with Gasteiger partial charge in [0.15, 0.2) is 0 Å².